The number of halogens is 1. The van der Waals surface area contributed by atoms with Crippen molar-refractivity contribution in [1.82, 2.24) is 4.98 Å². The first-order chi connectivity index (χ1) is 7.65. The summed E-state index contributed by atoms with van der Waals surface area (Å²) in [5.74, 6) is -0.144. The topological polar surface area (TPSA) is 59.1 Å². The van der Waals surface area contributed by atoms with E-state index in [1.165, 1.54) is 6.20 Å². The quantitative estimate of drug-likeness (QED) is 0.645. The lowest BCUT2D eigenvalue weighted by Crippen LogP contribution is -2.17. The molecule has 0 saturated heterocycles. The second-order valence-electron chi connectivity index (χ2n) is 3.84. The Kier molecular flexibility index (Phi) is 3.19. The first kappa shape index (κ1) is 11.1. The van der Waals surface area contributed by atoms with Crippen molar-refractivity contribution in [2.24, 2.45) is 5.92 Å². The normalized spacial score (nSPS) is 14.6. The smallest absolute Gasteiger partial charge is 0.231 e. The van der Waals surface area contributed by atoms with E-state index in [1.54, 1.807) is 12.1 Å². The summed E-state index contributed by atoms with van der Waals surface area (Å²) in [6.45, 7) is 0. The summed E-state index contributed by atoms with van der Waals surface area (Å²) in [6.07, 6.45) is 3.26. The molecule has 1 aliphatic carbocycles. The van der Waals surface area contributed by atoms with Crippen LogP contribution in [0.15, 0.2) is 18.3 Å². The number of nitrogens with zero attached hydrogens (tertiary/aromatic N) is 1. The van der Waals surface area contributed by atoms with E-state index in [2.05, 4.69) is 10.3 Å². The highest BCUT2D eigenvalue weighted by Crippen LogP contribution is 2.30. The average molecular weight is 239 g/mol. The standard InChI is InChI=1S/C11H11ClN2O2/c12-10-4-3-8(6-13-10)14-11(16)5-9(15)7-1-2-7/h3-4,6-7H,1-2,5H2,(H,14,16). The van der Waals surface area contributed by atoms with Gasteiger partial charge in [0.15, 0.2) is 0 Å². The number of nitrogens with one attached hydrogen (secondary N) is 1. The molecule has 16 heavy (non-hydrogen) atoms. The Morgan fingerprint density at radius 3 is 2.75 bits per heavy atom. The van der Waals surface area contributed by atoms with Gasteiger partial charge in [0, 0.05) is 5.92 Å². The van der Waals surface area contributed by atoms with Crippen molar-refractivity contribution in [3.8, 4) is 0 Å². The van der Waals surface area contributed by atoms with Gasteiger partial charge in [-0.05, 0) is 25.0 Å². The molecule has 1 heterocycles. The van der Waals surface area contributed by atoms with Crippen molar-refractivity contribution in [2.75, 3.05) is 5.32 Å². The maximum absolute atomic E-state index is 11.4. The summed E-state index contributed by atoms with van der Waals surface area (Å²) in [4.78, 5) is 26.6. The summed E-state index contributed by atoms with van der Waals surface area (Å²) in [6, 6.07) is 3.23. The predicted molar refractivity (Wildman–Crippen MR) is 60.2 cm³/mol. The molecular weight excluding hydrogens is 228 g/mol. The van der Waals surface area contributed by atoms with Gasteiger partial charge < -0.3 is 5.32 Å². The number of anilines is 1. The Morgan fingerprint density at radius 1 is 1.44 bits per heavy atom. The molecule has 1 N–H and O–H groups in total. The average Bonchev–Trinajstić information content (AvgIpc) is 3.04. The van der Waals surface area contributed by atoms with Crippen molar-refractivity contribution < 1.29 is 9.59 Å². The minimum Gasteiger partial charge on any atom is -0.324 e. The summed E-state index contributed by atoms with van der Waals surface area (Å²) in [7, 11) is 0. The lowest BCUT2D eigenvalue weighted by Gasteiger charge is -2.03. The molecule has 1 saturated carbocycles. The van der Waals surface area contributed by atoms with Gasteiger partial charge in [0.1, 0.15) is 10.9 Å². The van der Waals surface area contributed by atoms with Gasteiger partial charge >= 0.3 is 0 Å². The molecule has 0 atom stereocenters. The highest BCUT2D eigenvalue weighted by molar-refractivity contribution is 6.29. The van der Waals surface area contributed by atoms with E-state index in [0.717, 1.165) is 12.8 Å². The van der Waals surface area contributed by atoms with Crippen LogP contribution in [0.2, 0.25) is 5.15 Å². The second-order valence-corrected chi connectivity index (χ2v) is 4.22. The molecule has 0 radical (unpaired) electrons. The zero-order valence-electron chi connectivity index (χ0n) is 8.57. The molecule has 0 aliphatic heterocycles. The zero-order valence-corrected chi connectivity index (χ0v) is 9.33. The molecule has 1 aromatic rings. The maximum Gasteiger partial charge on any atom is 0.231 e. The number of ketones is 1. The number of hydrogen-bond acceptors (Lipinski definition) is 3. The van der Waals surface area contributed by atoms with Crippen molar-refractivity contribution in [3.05, 3.63) is 23.5 Å². The molecule has 1 fully saturated rings. The summed E-state index contributed by atoms with van der Waals surface area (Å²) in [5.41, 5.74) is 0.554. The summed E-state index contributed by atoms with van der Waals surface area (Å²) < 4.78 is 0. The van der Waals surface area contributed by atoms with E-state index in [1.807, 2.05) is 0 Å². The zero-order chi connectivity index (χ0) is 11.5. The van der Waals surface area contributed by atoms with E-state index in [0.29, 0.717) is 10.8 Å². The molecule has 2 rings (SSSR count). The molecule has 1 amide bonds. The third-order valence-electron chi connectivity index (χ3n) is 2.38. The molecule has 1 aromatic heterocycles. The number of aromatic nitrogens is 1. The Bertz CT molecular complexity index is 412. The van der Waals surface area contributed by atoms with Crippen molar-refractivity contribution in [1.29, 1.82) is 0 Å². The highest BCUT2D eigenvalue weighted by atomic mass is 35.5. The Balaban J connectivity index is 1.86. The number of rotatable bonds is 4. The number of pyridine rings is 1. The van der Waals surface area contributed by atoms with Crippen LogP contribution in [0.1, 0.15) is 19.3 Å². The number of carbonyl (C=O) groups is 2. The van der Waals surface area contributed by atoms with Gasteiger partial charge in [-0.3, -0.25) is 9.59 Å². The molecule has 1 aliphatic rings. The fourth-order valence-corrected chi connectivity index (χ4v) is 1.47. The Morgan fingerprint density at radius 2 is 2.19 bits per heavy atom. The first-order valence-electron chi connectivity index (χ1n) is 5.09. The van der Waals surface area contributed by atoms with Gasteiger partial charge in [0.05, 0.1) is 18.3 Å². The molecule has 0 aromatic carbocycles. The van der Waals surface area contributed by atoms with Crippen LogP contribution in [0, 0.1) is 5.92 Å². The molecule has 0 bridgehead atoms. The lowest BCUT2D eigenvalue weighted by atomic mass is 10.2. The van der Waals surface area contributed by atoms with Crippen molar-refractivity contribution >= 4 is 29.0 Å². The van der Waals surface area contributed by atoms with Gasteiger partial charge in [-0.2, -0.15) is 0 Å². The van der Waals surface area contributed by atoms with Crippen LogP contribution < -0.4 is 5.32 Å². The second kappa shape index (κ2) is 4.61. The third-order valence-corrected chi connectivity index (χ3v) is 2.60. The fraction of sp³-hybridized carbons (Fsp3) is 0.364. The van der Waals surface area contributed by atoms with Crippen molar-refractivity contribution in [2.45, 2.75) is 19.3 Å². The van der Waals surface area contributed by atoms with Gasteiger partial charge in [0.2, 0.25) is 5.91 Å². The van der Waals surface area contributed by atoms with Crippen LogP contribution >= 0.6 is 11.6 Å². The monoisotopic (exact) mass is 238 g/mol. The SMILES string of the molecule is O=C(CC(=O)C1CC1)Nc1ccc(Cl)nc1. The minimum absolute atomic E-state index is 0.0272. The van der Waals surface area contributed by atoms with Crippen LogP contribution in [0.5, 0.6) is 0 Å². The van der Waals surface area contributed by atoms with Crippen LogP contribution in [0.25, 0.3) is 0 Å². The fourth-order valence-electron chi connectivity index (χ4n) is 1.36. The van der Waals surface area contributed by atoms with Crippen LogP contribution in [-0.4, -0.2) is 16.7 Å². The van der Waals surface area contributed by atoms with Gasteiger partial charge in [-0.1, -0.05) is 11.6 Å². The van der Waals surface area contributed by atoms with Gasteiger partial charge in [-0.25, -0.2) is 4.98 Å². The summed E-state index contributed by atoms with van der Waals surface area (Å²) >= 11 is 5.60. The molecular formula is C11H11ClN2O2. The first-order valence-corrected chi connectivity index (χ1v) is 5.47. The van der Waals surface area contributed by atoms with Crippen molar-refractivity contribution in [3.63, 3.8) is 0 Å². The van der Waals surface area contributed by atoms with E-state index in [4.69, 9.17) is 11.6 Å². The highest BCUT2D eigenvalue weighted by Gasteiger charge is 2.30. The summed E-state index contributed by atoms with van der Waals surface area (Å²) in [5, 5.41) is 2.97. The number of carbonyl (C=O) groups excluding carboxylic acids is 2. The molecule has 4 nitrogen and oxygen atoms in total. The van der Waals surface area contributed by atoms with E-state index in [9.17, 15) is 9.59 Å². The van der Waals surface area contributed by atoms with Gasteiger partial charge in [-0.15, -0.1) is 0 Å². The lowest BCUT2D eigenvalue weighted by molar-refractivity contribution is -0.126. The van der Waals surface area contributed by atoms with Gasteiger partial charge in [0.25, 0.3) is 0 Å². The molecule has 5 heteroatoms. The van der Waals surface area contributed by atoms with Crippen LogP contribution in [-0.2, 0) is 9.59 Å². The molecule has 0 spiro atoms. The van der Waals surface area contributed by atoms with Crippen LogP contribution in [0.3, 0.4) is 0 Å². The van der Waals surface area contributed by atoms with E-state index >= 15 is 0 Å². The van der Waals surface area contributed by atoms with E-state index < -0.39 is 0 Å². The minimum atomic E-state index is -0.291. The molecule has 84 valence electrons. The molecule has 0 unspecified atom stereocenters. The maximum atomic E-state index is 11.4. The van der Waals surface area contributed by atoms with E-state index in [-0.39, 0.29) is 24.0 Å². The Hall–Kier alpha value is -1.42. The Labute approximate surface area is 98.0 Å². The predicted octanol–water partition coefficient (Wildman–Crippen LogP) is 2.04. The van der Waals surface area contributed by atoms with Crippen LogP contribution in [0.4, 0.5) is 5.69 Å². The number of amides is 1. The third kappa shape index (κ3) is 3.03. The number of Topliss-reactive ketones (excluding diaryl/α,β-unsaturated/α-hetero) is 1. The largest absolute Gasteiger partial charge is 0.324 e. The number of hydrogen-bond donors (Lipinski definition) is 1.